The normalized spacial score (nSPS) is 30.9. The molecule has 0 saturated carbocycles. The van der Waals surface area contributed by atoms with Crippen molar-refractivity contribution < 1.29 is 9.59 Å². The Kier molecular flexibility index (Phi) is 5.19. The molecule has 3 rings (SSSR count). The number of piperidine rings is 2. The molecule has 2 aliphatic heterocycles. The van der Waals surface area contributed by atoms with Gasteiger partial charge in [0.05, 0.1) is 12.0 Å². The van der Waals surface area contributed by atoms with Crippen LogP contribution in [0.5, 0.6) is 0 Å². The highest BCUT2D eigenvalue weighted by Crippen LogP contribution is 2.36. The first-order chi connectivity index (χ1) is 11.6. The molecule has 0 bridgehead atoms. The minimum Gasteiger partial charge on any atom is -0.353 e. The summed E-state index contributed by atoms with van der Waals surface area (Å²) < 4.78 is 0. The Hall–Kier alpha value is -1.88. The zero-order chi connectivity index (χ0) is 17.1. The van der Waals surface area contributed by atoms with E-state index in [1.807, 2.05) is 37.4 Å². The van der Waals surface area contributed by atoms with Gasteiger partial charge in [-0.05, 0) is 37.4 Å². The van der Waals surface area contributed by atoms with E-state index in [0.717, 1.165) is 25.1 Å². The molecule has 2 fully saturated rings. The number of likely N-dealkylation sites (tertiary alicyclic amines) is 1. The van der Waals surface area contributed by atoms with Crippen LogP contribution >= 0.6 is 0 Å². The molecular formula is C19H27N3O2. The van der Waals surface area contributed by atoms with E-state index < -0.39 is 0 Å². The average Bonchev–Trinajstić information content (AvgIpc) is 2.60. The fraction of sp³-hybridized carbons (Fsp3) is 0.579. The van der Waals surface area contributed by atoms with Crippen LogP contribution in [-0.2, 0) is 9.59 Å². The summed E-state index contributed by atoms with van der Waals surface area (Å²) in [6.07, 6.45) is 2.03. The number of carbonyl (C=O) groups excluding carboxylic acids is 2. The molecule has 2 N–H and O–H groups in total. The van der Waals surface area contributed by atoms with Crippen LogP contribution < -0.4 is 10.6 Å². The second-order valence-electron chi connectivity index (χ2n) is 7.09. The van der Waals surface area contributed by atoms with Gasteiger partial charge in [-0.25, -0.2) is 0 Å². The van der Waals surface area contributed by atoms with Gasteiger partial charge in [0.15, 0.2) is 0 Å². The number of hydrogen-bond acceptors (Lipinski definition) is 3. The fourth-order valence-corrected chi connectivity index (χ4v) is 3.94. The van der Waals surface area contributed by atoms with Crippen molar-refractivity contribution in [3.8, 4) is 0 Å². The SMILES string of the molecule is CC1CNCCC1NC(=O)C1CCC(=O)N(C)C1c1ccccc1. The van der Waals surface area contributed by atoms with Gasteiger partial charge in [-0.1, -0.05) is 37.3 Å². The van der Waals surface area contributed by atoms with E-state index >= 15 is 0 Å². The number of carbonyl (C=O) groups is 2. The first-order valence-corrected chi connectivity index (χ1v) is 8.89. The average molecular weight is 329 g/mol. The summed E-state index contributed by atoms with van der Waals surface area (Å²) in [5, 5.41) is 6.62. The van der Waals surface area contributed by atoms with Gasteiger partial charge in [-0.2, -0.15) is 0 Å². The highest BCUT2D eigenvalue weighted by atomic mass is 16.2. The standard InChI is InChI=1S/C19H27N3O2/c1-13-12-20-11-10-16(13)21-19(24)15-8-9-17(23)22(2)18(15)14-6-4-3-5-7-14/h3-7,13,15-16,18,20H,8-12H2,1-2H3,(H,21,24). The largest absolute Gasteiger partial charge is 0.353 e. The van der Waals surface area contributed by atoms with Gasteiger partial charge < -0.3 is 15.5 Å². The molecule has 5 nitrogen and oxygen atoms in total. The predicted octanol–water partition coefficient (Wildman–Crippen LogP) is 1.71. The lowest BCUT2D eigenvalue weighted by atomic mass is 9.83. The van der Waals surface area contributed by atoms with E-state index in [4.69, 9.17) is 0 Å². The first-order valence-electron chi connectivity index (χ1n) is 8.89. The summed E-state index contributed by atoms with van der Waals surface area (Å²) >= 11 is 0. The zero-order valence-electron chi connectivity index (χ0n) is 14.5. The molecule has 2 amide bonds. The maximum Gasteiger partial charge on any atom is 0.225 e. The van der Waals surface area contributed by atoms with E-state index in [1.54, 1.807) is 4.90 Å². The number of amides is 2. The number of hydrogen-bond donors (Lipinski definition) is 2. The summed E-state index contributed by atoms with van der Waals surface area (Å²) in [6, 6.07) is 9.95. The van der Waals surface area contributed by atoms with Gasteiger partial charge >= 0.3 is 0 Å². The molecule has 0 spiro atoms. The third kappa shape index (κ3) is 3.46. The Balaban J connectivity index is 1.78. The van der Waals surface area contributed by atoms with Crippen molar-refractivity contribution in [1.82, 2.24) is 15.5 Å². The monoisotopic (exact) mass is 329 g/mol. The third-order valence-corrected chi connectivity index (χ3v) is 5.45. The third-order valence-electron chi connectivity index (χ3n) is 5.45. The molecule has 2 aliphatic rings. The lowest BCUT2D eigenvalue weighted by molar-refractivity contribution is -0.142. The highest BCUT2D eigenvalue weighted by molar-refractivity contribution is 5.85. The summed E-state index contributed by atoms with van der Waals surface area (Å²) in [7, 11) is 1.81. The molecular weight excluding hydrogens is 302 g/mol. The lowest BCUT2D eigenvalue weighted by Gasteiger charge is -2.40. The molecule has 24 heavy (non-hydrogen) atoms. The van der Waals surface area contributed by atoms with Gasteiger partial charge in [0.25, 0.3) is 0 Å². The molecule has 5 heteroatoms. The molecule has 1 aromatic rings. The first kappa shape index (κ1) is 17.0. The van der Waals surface area contributed by atoms with Crippen LogP contribution in [0.3, 0.4) is 0 Å². The lowest BCUT2D eigenvalue weighted by Crippen LogP contribution is -2.52. The van der Waals surface area contributed by atoms with Crippen LogP contribution in [0.1, 0.15) is 37.8 Å². The Morgan fingerprint density at radius 1 is 1.25 bits per heavy atom. The van der Waals surface area contributed by atoms with Gasteiger partial charge in [-0.15, -0.1) is 0 Å². The van der Waals surface area contributed by atoms with Crippen LogP contribution in [0.2, 0.25) is 0 Å². The molecule has 1 aromatic carbocycles. The second-order valence-corrected chi connectivity index (χ2v) is 7.09. The molecule has 0 aromatic heterocycles. The topological polar surface area (TPSA) is 61.4 Å². The number of nitrogens with one attached hydrogen (secondary N) is 2. The van der Waals surface area contributed by atoms with E-state index in [0.29, 0.717) is 18.8 Å². The van der Waals surface area contributed by atoms with E-state index in [-0.39, 0.29) is 29.8 Å². The van der Waals surface area contributed by atoms with Crippen molar-refractivity contribution in [3.63, 3.8) is 0 Å². The zero-order valence-corrected chi connectivity index (χ0v) is 14.5. The predicted molar refractivity (Wildman–Crippen MR) is 93.3 cm³/mol. The van der Waals surface area contributed by atoms with E-state index in [2.05, 4.69) is 17.6 Å². The number of rotatable bonds is 3. The Morgan fingerprint density at radius 3 is 2.71 bits per heavy atom. The maximum absolute atomic E-state index is 13.0. The van der Waals surface area contributed by atoms with Crippen LogP contribution in [0.15, 0.2) is 30.3 Å². The smallest absolute Gasteiger partial charge is 0.225 e. The van der Waals surface area contributed by atoms with E-state index in [9.17, 15) is 9.59 Å². The second kappa shape index (κ2) is 7.34. The van der Waals surface area contributed by atoms with Crippen molar-refractivity contribution in [2.75, 3.05) is 20.1 Å². The van der Waals surface area contributed by atoms with Gasteiger partial charge in [0.2, 0.25) is 11.8 Å². The number of nitrogens with zero attached hydrogens (tertiary/aromatic N) is 1. The quantitative estimate of drug-likeness (QED) is 0.887. The van der Waals surface area contributed by atoms with Crippen LogP contribution in [0, 0.1) is 11.8 Å². The molecule has 0 radical (unpaired) electrons. The Labute approximate surface area is 143 Å². The van der Waals surface area contributed by atoms with Crippen molar-refractivity contribution in [1.29, 1.82) is 0 Å². The molecule has 130 valence electrons. The molecule has 2 heterocycles. The molecule has 0 aliphatic carbocycles. The molecule has 4 atom stereocenters. The summed E-state index contributed by atoms with van der Waals surface area (Å²) in [5.74, 6) is 0.447. The fourth-order valence-electron chi connectivity index (χ4n) is 3.94. The Morgan fingerprint density at radius 2 is 2.00 bits per heavy atom. The number of benzene rings is 1. The van der Waals surface area contributed by atoms with Crippen molar-refractivity contribution in [3.05, 3.63) is 35.9 Å². The van der Waals surface area contributed by atoms with E-state index in [1.165, 1.54) is 0 Å². The minimum absolute atomic E-state index is 0.0851. The highest BCUT2D eigenvalue weighted by Gasteiger charge is 2.39. The minimum atomic E-state index is -0.183. The summed E-state index contributed by atoms with van der Waals surface area (Å²) in [6.45, 7) is 4.05. The van der Waals surface area contributed by atoms with Crippen LogP contribution in [0.4, 0.5) is 0 Å². The van der Waals surface area contributed by atoms with Crippen molar-refractivity contribution in [2.45, 2.75) is 38.3 Å². The summed E-state index contributed by atoms with van der Waals surface area (Å²) in [4.78, 5) is 26.9. The Bertz CT molecular complexity index is 590. The van der Waals surface area contributed by atoms with Gasteiger partial charge in [0, 0.05) is 19.5 Å². The van der Waals surface area contributed by atoms with Gasteiger partial charge in [0.1, 0.15) is 0 Å². The summed E-state index contributed by atoms with van der Waals surface area (Å²) in [5.41, 5.74) is 1.03. The van der Waals surface area contributed by atoms with Crippen LogP contribution in [-0.4, -0.2) is 42.9 Å². The van der Waals surface area contributed by atoms with Crippen molar-refractivity contribution in [2.24, 2.45) is 11.8 Å². The van der Waals surface area contributed by atoms with Crippen molar-refractivity contribution >= 4 is 11.8 Å². The van der Waals surface area contributed by atoms with Gasteiger partial charge in [-0.3, -0.25) is 9.59 Å². The molecule has 2 saturated heterocycles. The maximum atomic E-state index is 13.0. The molecule has 4 unspecified atom stereocenters. The van der Waals surface area contributed by atoms with Crippen LogP contribution in [0.25, 0.3) is 0 Å².